The second-order valence-corrected chi connectivity index (χ2v) is 13.4. The summed E-state index contributed by atoms with van der Waals surface area (Å²) in [4.78, 5) is 44.4. The molecule has 8 nitrogen and oxygen atoms in total. The number of rotatable bonds is 4. The van der Waals surface area contributed by atoms with Crippen LogP contribution >= 0.6 is 15.9 Å². The molecule has 2 N–H and O–H groups in total. The number of nitrogens with one attached hydrogen (secondary N) is 1. The Morgan fingerprint density at radius 2 is 2.02 bits per heavy atom. The van der Waals surface area contributed by atoms with Gasteiger partial charge in [0.05, 0.1) is 39.5 Å². The summed E-state index contributed by atoms with van der Waals surface area (Å²) in [7, 11) is 0. The molecule has 1 aromatic carbocycles. The van der Waals surface area contributed by atoms with Gasteiger partial charge in [-0.05, 0) is 63.7 Å². The van der Waals surface area contributed by atoms with Crippen molar-refractivity contribution in [3.05, 3.63) is 60.6 Å². The largest absolute Gasteiger partial charge is 0.458 e. The number of cyclic esters (lactones) is 1. The smallest absolute Gasteiger partial charge is 0.343 e. The molecule has 0 saturated carbocycles. The molecule has 3 aromatic rings. The highest BCUT2D eigenvalue weighted by molar-refractivity contribution is 9.10. The van der Waals surface area contributed by atoms with E-state index < -0.39 is 17.4 Å². The first-order chi connectivity index (χ1) is 19.3. The number of hydrogen-bond donors (Lipinski definition) is 2. The van der Waals surface area contributed by atoms with Crippen LogP contribution < -0.4 is 10.9 Å². The lowest BCUT2D eigenvalue weighted by Gasteiger charge is -2.31. The zero-order valence-corrected chi connectivity index (χ0v) is 25.4. The van der Waals surface area contributed by atoms with Crippen LogP contribution in [0.1, 0.15) is 87.7 Å². The molecule has 2 aromatic heterocycles. The standard InChI is InChI=1S/C31H33BrFN3O5/c1-6-31(40)18-10-22-27-16(12-36(22)28(38)17(18)13-41-29(31)39)25-20(34-23(37)9-14(2)30(3,4)5)8-7-15-24(25)21(35-27)11-19(33)26(15)32/h10-11,14,20,40H,6-9,12-13H2,1-5H3,(H,34,37)/t14-,20-,31-/m0/s1. The third-order valence-corrected chi connectivity index (χ3v) is 10.2. The van der Waals surface area contributed by atoms with Crippen LogP contribution in [0.25, 0.3) is 22.3 Å². The summed E-state index contributed by atoms with van der Waals surface area (Å²) in [5, 5.41) is 15.2. The summed E-state index contributed by atoms with van der Waals surface area (Å²) in [6, 6.07) is 2.67. The molecule has 0 radical (unpaired) electrons. The molecule has 0 unspecified atom stereocenters. The van der Waals surface area contributed by atoms with Gasteiger partial charge >= 0.3 is 5.97 Å². The van der Waals surface area contributed by atoms with Crippen LogP contribution in [0.5, 0.6) is 0 Å². The number of benzene rings is 1. The van der Waals surface area contributed by atoms with Gasteiger partial charge in [0.25, 0.3) is 5.56 Å². The molecule has 41 heavy (non-hydrogen) atoms. The number of aryl methyl sites for hydroxylation is 1. The summed E-state index contributed by atoms with van der Waals surface area (Å²) < 4.78 is 22.2. The molecule has 2 aliphatic heterocycles. The van der Waals surface area contributed by atoms with E-state index in [1.807, 2.05) is 0 Å². The number of esters is 1. The number of amides is 1. The maximum absolute atomic E-state index is 15.0. The molecule has 0 bridgehead atoms. The lowest BCUT2D eigenvalue weighted by atomic mass is 9.79. The fourth-order valence-corrected chi connectivity index (χ4v) is 6.85. The summed E-state index contributed by atoms with van der Waals surface area (Å²) in [5.41, 5.74) is 1.89. The van der Waals surface area contributed by atoms with Crippen LogP contribution in [0.15, 0.2) is 21.4 Å². The maximum atomic E-state index is 15.0. The van der Waals surface area contributed by atoms with E-state index in [2.05, 4.69) is 48.9 Å². The van der Waals surface area contributed by atoms with Gasteiger partial charge in [-0.15, -0.1) is 0 Å². The van der Waals surface area contributed by atoms with Crippen molar-refractivity contribution in [2.75, 3.05) is 0 Å². The molecule has 10 heteroatoms. The minimum absolute atomic E-state index is 0.0302. The number of ether oxygens (including phenoxy) is 1. The molecule has 3 atom stereocenters. The van der Waals surface area contributed by atoms with Crippen LogP contribution in [0.3, 0.4) is 0 Å². The van der Waals surface area contributed by atoms with Crippen molar-refractivity contribution < 1.29 is 23.8 Å². The fourth-order valence-electron chi connectivity index (χ4n) is 6.34. The number of carbonyl (C=O) groups is 2. The molecule has 3 aliphatic rings. The molecule has 0 fully saturated rings. The Morgan fingerprint density at radius 1 is 1.29 bits per heavy atom. The van der Waals surface area contributed by atoms with E-state index in [4.69, 9.17) is 9.72 Å². The van der Waals surface area contributed by atoms with Crippen LogP contribution in [-0.2, 0) is 39.5 Å². The number of halogens is 2. The SMILES string of the molecule is CC[C@@]1(O)C(=O)OCc2c1cc1n(c2=O)Cc2c-1nc1cc(F)c(Br)c3c1c2[C@@H](NC(=O)C[C@H](C)C(C)(C)C)CC3. The number of aliphatic hydroxyl groups is 1. The highest BCUT2D eigenvalue weighted by Crippen LogP contribution is 2.47. The quantitative estimate of drug-likeness (QED) is 0.303. The van der Waals surface area contributed by atoms with Crippen LogP contribution in [0.4, 0.5) is 4.39 Å². The Balaban J connectivity index is 1.54. The van der Waals surface area contributed by atoms with Gasteiger partial charge in [-0.1, -0.05) is 34.6 Å². The van der Waals surface area contributed by atoms with Crippen molar-refractivity contribution in [2.24, 2.45) is 11.3 Å². The van der Waals surface area contributed by atoms with E-state index in [9.17, 15) is 19.5 Å². The van der Waals surface area contributed by atoms with Crippen molar-refractivity contribution >= 4 is 38.7 Å². The average molecular weight is 627 g/mol. The predicted octanol–water partition coefficient (Wildman–Crippen LogP) is 5.16. The van der Waals surface area contributed by atoms with Gasteiger partial charge in [0, 0.05) is 29.0 Å². The molecule has 1 aliphatic carbocycles. The van der Waals surface area contributed by atoms with Gasteiger partial charge in [-0.3, -0.25) is 9.59 Å². The molecule has 1 amide bonds. The lowest BCUT2D eigenvalue weighted by Crippen LogP contribution is -2.44. The lowest BCUT2D eigenvalue weighted by molar-refractivity contribution is -0.172. The van der Waals surface area contributed by atoms with E-state index in [1.54, 1.807) is 17.6 Å². The van der Waals surface area contributed by atoms with Crippen LogP contribution in [0.2, 0.25) is 0 Å². The highest BCUT2D eigenvalue weighted by Gasteiger charge is 2.46. The molecular formula is C31H33BrFN3O5. The third-order valence-electron chi connectivity index (χ3n) is 9.35. The van der Waals surface area contributed by atoms with Crippen molar-refractivity contribution in [2.45, 2.75) is 85.1 Å². The van der Waals surface area contributed by atoms with Gasteiger partial charge in [-0.2, -0.15) is 0 Å². The second-order valence-electron chi connectivity index (χ2n) is 12.6. The molecule has 4 heterocycles. The number of hydrogen-bond acceptors (Lipinski definition) is 6. The highest BCUT2D eigenvalue weighted by atomic mass is 79.9. The van der Waals surface area contributed by atoms with Crippen LogP contribution in [-0.4, -0.2) is 26.5 Å². The Hall–Kier alpha value is -3.11. The van der Waals surface area contributed by atoms with Crippen molar-refractivity contribution in [1.82, 2.24) is 14.9 Å². The van der Waals surface area contributed by atoms with Gasteiger partial charge in [0.1, 0.15) is 12.4 Å². The molecular weight excluding hydrogens is 593 g/mol. The molecule has 0 saturated heterocycles. The Morgan fingerprint density at radius 3 is 2.71 bits per heavy atom. The van der Waals surface area contributed by atoms with Gasteiger partial charge in [-0.25, -0.2) is 14.2 Å². The van der Waals surface area contributed by atoms with Gasteiger partial charge < -0.3 is 19.7 Å². The number of nitrogens with zero attached hydrogens (tertiary/aromatic N) is 2. The zero-order valence-electron chi connectivity index (χ0n) is 23.8. The predicted molar refractivity (Wildman–Crippen MR) is 155 cm³/mol. The van der Waals surface area contributed by atoms with E-state index in [0.717, 1.165) is 22.1 Å². The zero-order chi connectivity index (χ0) is 29.6. The van der Waals surface area contributed by atoms with E-state index >= 15 is 4.39 Å². The number of pyridine rings is 2. The first-order valence-electron chi connectivity index (χ1n) is 14.1. The Bertz CT molecular complexity index is 1730. The first kappa shape index (κ1) is 28.0. The minimum Gasteiger partial charge on any atom is -0.458 e. The topological polar surface area (TPSA) is 111 Å². The monoisotopic (exact) mass is 625 g/mol. The fraction of sp³-hybridized carbons (Fsp3) is 0.484. The van der Waals surface area contributed by atoms with Gasteiger partial charge in [0.2, 0.25) is 5.91 Å². The van der Waals surface area contributed by atoms with Gasteiger partial charge in [0.15, 0.2) is 5.60 Å². The van der Waals surface area contributed by atoms with E-state index in [-0.39, 0.29) is 59.5 Å². The normalized spacial score (nSPS) is 21.7. The summed E-state index contributed by atoms with van der Waals surface area (Å²) in [5.74, 6) is -1.13. The number of carbonyl (C=O) groups excluding carboxylic acids is 2. The number of fused-ring (bicyclic) bond motifs is 5. The Kier molecular flexibility index (Phi) is 6.46. The summed E-state index contributed by atoms with van der Waals surface area (Å²) in [6.07, 6.45) is 1.52. The minimum atomic E-state index is -1.94. The van der Waals surface area contributed by atoms with Crippen molar-refractivity contribution in [1.29, 1.82) is 0 Å². The second kappa shape index (κ2) is 9.46. The first-order valence-corrected chi connectivity index (χ1v) is 14.8. The van der Waals surface area contributed by atoms with Crippen LogP contribution in [0, 0.1) is 17.2 Å². The molecule has 216 valence electrons. The third kappa shape index (κ3) is 4.16. The summed E-state index contributed by atoms with van der Waals surface area (Å²) >= 11 is 3.43. The molecule has 0 spiro atoms. The van der Waals surface area contributed by atoms with E-state index in [0.29, 0.717) is 40.6 Å². The van der Waals surface area contributed by atoms with Crippen molar-refractivity contribution in [3.8, 4) is 11.4 Å². The maximum Gasteiger partial charge on any atom is 0.343 e. The van der Waals surface area contributed by atoms with Crippen molar-refractivity contribution in [3.63, 3.8) is 0 Å². The molecule has 6 rings (SSSR count). The van der Waals surface area contributed by atoms with E-state index in [1.165, 1.54) is 6.07 Å². The average Bonchev–Trinajstić information content (AvgIpc) is 3.28. The number of aromatic nitrogens is 2. The summed E-state index contributed by atoms with van der Waals surface area (Å²) in [6.45, 7) is 10.0. The Labute approximate surface area is 245 Å².